The van der Waals surface area contributed by atoms with Crippen LogP contribution in [-0.4, -0.2) is 37.1 Å². The summed E-state index contributed by atoms with van der Waals surface area (Å²) >= 11 is 0. The van der Waals surface area contributed by atoms with E-state index in [0.717, 1.165) is 17.9 Å². The Labute approximate surface area is 107 Å². The van der Waals surface area contributed by atoms with Gasteiger partial charge in [-0.15, -0.1) is 0 Å². The largest absolute Gasteiger partial charge is 0.314 e. The van der Waals surface area contributed by atoms with Gasteiger partial charge in [0.15, 0.2) is 0 Å². The van der Waals surface area contributed by atoms with Crippen LogP contribution < -0.4 is 5.32 Å². The highest BCUT2D eigenvalue weighted by molar-refractivity contribution is 4.83. The van der Waals surface area contributed by atoms with Crippen LogP contribution >= 0.6 is 0 Å². The van der Waals surface area contributed by atoms with Crippen molar-refractivity contribution in [2.45, 2.75) is 58.4 Å². The van der Waals surface area contributed by atoms with Gasteiger partial charge in [-0.05, 0) is 57.2 Å². The number of hydrogen-bond acceptors (Lipinski definition) is 2. The van der Waals surface area contributed by atoms with Crippen molar-refractivity contribution in [3.8, 4) is 0 Å². The molecule has 1 heterocycles. The van der Waals surface area contributed by atoms with Crippen LogP contribution in [-0.2, 0) is 0 Å². The Kier molecular flexibility index (Phi) is 5.30. The molecule has 0 spiro atoms. The van der Waals surface area contributed by atoms with E-state index in [1.165, 1.54) is 64.7 Å². The highest BCUT2D eigenvalue weighted by Crippen LogP contribution is 2.22. The summed E-state index contributed by atoms with van der Waals surface area (Å²) in [6.07, 6.45) is 8.38. The summed E-state index contributed by atoms with van der Waals surface area (Å²) < 4.78 is 0. The Morgan fingerprint density at radius 1 is 1.06 bits per heavy atom. The van der Waals surface area contributed by atoms with Crippen molar-refractivity contribution in [2.75, 3.05) is 26.2 Å². The molecule has 0 bridgehead atoms. The van der Waals surface area contributed by atoms with Crippen LogP contribution in [0.5, 0.6) is 0 Å². The second kappa shape index (κ2) is 6.75. The molecular formula is C15H30N2. The lowest BCUT2D eigenvalue weighted by Crippen LogP contribution is -2.39. The SMILES string of the molecule is CCC(CC)CN1CCC(CNC2CC2)CC1. The quantitative estimate of drug-likeness (QED) is 0.733. The van der Waals surface area contributed by atoms with Crippen molar-refractivity contribution in [3.05, 3.63) is 0 Å². The van der Waals surface area contributed by atoms with Gasteiger partial charge in [-0.25, -0.2) is 0 Å². The fourth-order valence-corrected chi connectivity index (χ4v) is 2.91. The first-order chi connectivity index (χ1) is 8.31. The van der Waals surface area contributed by atoms with E-state index in [2.05, 4.69) is 24.1 Å². The molecule has 1 aliphatic carbocycles. The molecule has 2 heteroatoms. The van der Waals surface area contributed by atoms with Gasteiger partial charge in [0.05, 0.1) is 0 Å². The van der Waals surface area contributed by atoms with Gasteiger partial charge in [0.2, 0.25) is 0 Å². The number of rotatable bonds is 7. The third-order valence-corrected chi connectivity index (χ3v) is 4.65. The van der Waals surface area contributed by atoms with Crippen LogP contribution in [0.4, 0.5) is 0 Å². The first-order valence-corrected chi connectivity index (χ1v) is 7.77. The van der Waals surface area contributed by atoms with Crippen LogP contribution in [0.3, 0.4) is 0 Å². The van der Waals surface area contributed by atoms with E-state index < -0.39 is 0 Å². The Morgan fingerprint density at radius 2 is 1.71 bits per heavy atom. The van der Waals surface area contributed by atoms with Gasteiger partial charge in [0.25, 0.3) is 0 Å². The van der Waals surface area contributed by atoms with E-state index in [9.17, 15) is 0 Å². The van der Waals surface area contributed by atoms with E-state index in [0.29, 0.717) is 0 Å². The Bertz CT molecular complexity index is 201. The molecule has 0 aromatic carbocycles. The third-order valence-electron chi connectivity index (χ3n) is 4.65. The number of nitrogens with one attached hydrogen (secondary N) is 1. The molecule has 0 atom stereocenters. The molecule has 1 saturated carbocycles. The van der Waals surface area contributed by atoms with Crippen LogP contribution in [0, 0.1) is 11.8 Å². The van der Waals surface area contributed by atoms with Gasteiger partial charge in [0, 0.05) is 12.6 Å². The van der Waals surface area contributed by atoms with Crippen LogP contribution in [0.25, 0.3) is 0 Å². The van der Waals surface area contributed by atoms with Crippen molar-refractivity contribution >= 4 is 0 Å². The minimum absolute atomic E-state index is 0.887. The molecule has 2 nitrogen and oxygen atoms in total. The normalized spacial score (nSPS) is 23.5. The molecule has 2 rings (SSSR count). The number of nitrogens with zero attached hydrogens (tertiary/aromatic N) is 1. The molecule has 2 fully saturated rings. The Balaban J connectivity index is 1.59. The molecule has 0 unspecified atom stereocenters. The summed E-state index contributed by atoms with van der Waals surface area (Å²) in [7, 11) is 0. The van der Waals surface area contributed by atoms with Gasteiger partial charge < -0.3 is 10.2 Å². The fraction of sp³-hybridized carbons (Fsp3) is 1.00. The smallest absolute Gasteiger partial charge is 0.00683 e. The highest BCUT2D eigenvalue weighted by Gasteiger charge is 2.24. The zero-order valence-electron chi connectivity index (χ0n) is 11.8. The summed E-state index contributed by atoms with van der Waals surface area (Å²) in [5.74, 6) is 1.88. The fourth-order valence-electron chi connectivity index (χ4n) is 2.91. The molecule has 0 aromatic heterocycles. The first-order valence-electron chi connectivity index (χ1n) is 7.77. The van der Waals surface area contributed by atoms with E-state index in [1.807, 2.05) is 0 Å². The van der Waals surface area contributed by atoms with Crippen molar-refractivity contribution in [1.29, 1.82) is 0 Å². The Hall–Kier alpha value is -0.0800. The maximum absolute atomic E-state index is 3.69. The lowest BCUT2D eigenvalue weighted by atomic mass is 9.95. The Morgan fingerprint density at radius 3 is 2.24 bits per heavy atom. The standard InChI is InChI=1S/C15H30N2/c1-3-13(4-2)12-17-9-7-14(8-10-17)11-16-15-5-6-15/h13-16H,3-12H2,1-2H3. The maximum atomic E-state index is 3.69. The average molecular weight is 238 g/mol. The molecule has 0 aromatic rings. The van der Waals surface area contributed by atoms with Crippen molar-refractivity contribution < 1.29 is 0 Å². The van der Waals surface area contributed by atoms with Gasteiger partial charge in [-0.1, -0.05) is 26.7 Å². The molecule has 0 amide bonds. The lowest BCUT2D eigenvalue weighted by molar-refractivity contribution is 0.155. The minimum Gasteiger partial charge on any atom is -0.314 e. The van der Waals surface area contributed by atoms with Gasteiger partial charge in [0.1, 0.15) is 0 Å². The monoisotopic (exact) mass is 238 g/mol. The van der Waals surface area contributed by atoms with E-state index >= 15 is 0 Å². The summed E-state index contributed by atoms with van der Waals surface area (Å²) in [5.41, 5.74) is 0. The summed E-state index contributed by atoms with van der Waals surface area (Å²) in [6.45, 7) is 9.97. The number of likely N-dealkylation sites (tertiary alicyclic amines) is 1. The highest BCUT2D eigenvalue weighted by atomic mass is 15.1. The van der Waals surface area contributed by atoms with E-state index in [1.54, 1.807) is 0 Å². The van der Waals surface area contributed by atoms with Gasteiger partial charge >= 0.3 is 0 Å². The zero-order chi connectivity index (χ0) is 12.1. The zero-order valence-corrected chi connectivity index (χ0v) is 11.8. The van der Waals surface area contributed by atoms with Crippen molar-refractivity contribution in [3.63, 3.8) is 0 Å². The van der Waals surface area contributed by atoms with Crippen molar-refractivity contribution in [2.24, 2.45) is 11.8 Å². The predicted octanol–water partition coefficient (Wildman–Crippen LogP) is 2.89. The van der Waals surface area contributed by atoms with Crippen LogP contribution in [0.1, 0.15) is 52.4 Å². The second-order valence-electron chi connectivity index (χ2n) is 6.11. The van der Waals surface area contributed by atoms with Gasteiger partial charge in [-0.2, -0.15) is 0 Å². The molecular weight excluding hydrogens is 208 g/mol. The van der Waals surface area contributed by atoms with Crippen LogP contribution in [0.15, 0.2) is 0 Å². The van der Waals surface area contributed by atoms with Crippen molar-refractivity contribution in [1.82, 2.24) is 10.2 Å². The topological polar surface area (TPSA) is 15.3 Å². The number of hydrogen-bond donors (Lipinski definition) is 1. The summed E-state index contributed by atoms with van der Waals surface area (Å²) in [5, 5.41) is 3.69. The molecule has 0 radical (unpaired) electrons. The maximum Gasteiger partial charge on any atom is 0.00683 e. The number of piperidine rings is 1. The van der Waals surface area contributed by atoms with Gasteiger partial charge in [-0.3, -0.25) is 0 Å². The lowest BCUT2D eigenvalue weighted by Gasteiger charge is -2.34. The first kappa shape index (κ1) is 13.4. The molecule has 1 aliphatic heterocycles. The molecule has 17 heavy (non-hydrogen) atoms. The van der Waals surface area contributed by atoms with E-state index in [-0.39, 0.29) is 0 Å². The molecule has 2 aliphatic rings. The second-order valence-corrected chi connectivity index (χ2v) is 6.11. The molecule has 100 valence electrons. The average Bonchev–Trinajstić information content (AvgIpc) is 3.19. The minimum atomic E-state index is 0.887. The molecule has 1 saturated heterocycles. The predicted molar refractivity (Wildman–Crippen MR) is 74.3 cm³/mol. The summed E-state index contributed by atoms with van der Waals surface area (Å²) in [4.78, 5) is 2.70. The van der Waals surface area contributed by atoms with Crippen LogP contribution in [0.2, 0.25) is 0 Å². The van der Waals surface area contributed by atoms with E-state index in [4.69, 9.17) is 0 Å². The third kappa shape index (κ3) is 4.59. The summed E-state index contributed by atoms with van der Waals surface area (Å²) in [6, 6.07) is 0.887. The molecule has 1 N–H and O–H groups in total.